The Labute approximate surface area is 91.6 Å². The third-order valence-electron chi connectivity index (χ3n) is 2.99. The van der Waals surface area contributed by atoms with Crippen molar-refractivity contribution >= 4 is 5.91 Å². The molecule has 1 fully saturated rings. The number of nitrogens with one attached hydrogen (secondary N) is 1. The molecule has 15 heavy (non-hydrogen) atoms. The summed E-state index contributed by atoms with van der Waals surface area (Å²) in [4.78, 5) is 13.9. The van der Waals surface area contributed by atoms with Gasteiger partial charge < -0.3 is 15.3 Å². The Morgan fingerprint density at radius 2 is 2.27 bits per heavy atom. The molecule has 0 radical (unpaired) electrons. The smallest absolute Gasteiger partial charge is 0.242 e. The van der Waals surface area contributed by atoms with E-state index in [0.29, 0.717) is 0 Å². The highest BCUT2D eigenvalue weighted by atomic mass is 16.3. The van der Waals surface area contributed by atoms with Crippen molar-refractivity contribution < 1.29 is 9.90 Å². The van der Waals surface area contributed by atoms with Gasteiger partial charge in [-0.1, -0.05) is 13.3 Å². The molecule has 0 aliphatic carbocycles. The van der Waals surface area contributed by atoms with Crippen molar-refractivity contribution in [2.24, 2.45) is 0 Å². The van der Waals surface area contributed by atoms with Crippen molar-refractivity contribution in [1.29, 1.82) is 0 Å². The zero-order valence-electron chi connectivity index (χ0n) is 9.92. The van der Waals surface area contributed by atoms with E-state index in [1.807, 2.05) is 4.90 Å². The fraction of sp³-hybridized carbons (Fsp3) is 0.909. The van der Waals surface area contributed by atoms with Crippen molar-refractivity contribution in [3.05, 3.63) is 0 Å². The second-order valence-electron chi connectivity index (χ2n) is 4.77. The van der Waals surface area contributed by atoms with Crippen LogP contribution in [0.3, 0.4) is 0 Å². The summed E-state index contributed by atoms with van der Waals surface area (Å²) in [6.07, 6.45) is 2.10. The minimum atomic E-state index is -0.408. The number of piperazine rings is 1. The fourth-order valence-corrected chi connectivity index (χ4v) is 1.91. The number of nitrogens with zero attached hydrogens (tertiary/aromatic N) is 1. The molecule has 1 aliphatic heterocycles. The van der Waals surface area contributed by atoms with E-state index >= 15 is 0 Å². The molecule has 0 bridgehead atoms. The van der Waals surface area contributed by atoms with Crippen molar-refractivity contribution in [2.45, 2.75) is 45.2 Å². The highest BCUT2D eigenvalue weighted by Gasteiger charge is 2.38. The minimum Gasteiger partial charge on any atom is -0.394 e. The van der Waals surface area contributed by atoms with Crippen LogP contribution >= 0.6 is 0 Å². The summed E-state index contributed by atoms with van der Waals surface area (Å²) in [5, 5.41) is 12.1. The lowest BCUT2D eigenvalue weighted by Crippen LogP contribution is -2.66. The van der Waals surface area contributed by atoms with Gasteiger partial charge in [0.15, 0.2) is 0 Å². The van der Waals surface area contributed by atoms with Crippen molar-refractivity contribution in [1.82, 2.24) is 10.2 Å². The maximum atomic E-state index is 12.0. The SMILES string of the molecule is CCCCN1C(=O)C(CO)NCC1(C)C. The third kappa shape index (κ3) is 2.69. The molecule has 0 spiro atoms. The summed E-state index contributed by atoms with van der Waals surface area (Å²) in [6, 6.07) is -0.408. The monoisotopic (exact) mass is 214 g/mol. The summed E-state index contributed by atoms with van der Waals surface area (Å²) >= 11 is 0. The van der Waals surface area contributed by atoms with Gasteiger partial charge in [-0.05, 0) is 20.3 Å². The molecule has 1 unspecified atom stereocenters. The molecular weight excluding hydrogens is 192 g/mol. The predicted octanol–water partition coefficient (Wildman–Crippen LogP) is 0.358. The van der Waals surface area contributed by atoms with Gasteiger partial charge in [0.1, 0.15) is 6.04 Å². The van der Waals surface area contributed by atoms with Crippen LogP contribution in [0, 0.1) is 0 Å². The predicted molar refractivity (Wildman–Crippen MR) is 59.6 cm³/mol. The maximum Gasteiger partial charge on any atom is 0.242 e. The van der Waals surface area contributed by atoms with E-state index in [2.05, 4.69) is 26.1 Å². The topological polar surface area (TPSA) is 52.6 Å². The van der Waals surface area contributed by atoms with E-state index in [0.717, 1.165) is 25.9 Å². The second kappa shape index (κ2) is 4.94. The van der Waals surface area contributed by atoms with Crippen LogP contribution in [0.15, 0.2) is 0 Å². The first-order valence-corrected chi connectivity index (χ1v) is 5.68. The Morgan fingerprint density at radius 1 is 1.60 bits per heavy atom. The van der Waals surface area contributed by atoms with Gasteiger partial charge in [-0.25, -0.2) is 0 Å². The second-order valence-corrected chi connectivity index (χ2v) is 4.77. The largest absolute Gasteiger partial charge is 0.394 e. The molecule has 4 heteroatoms. The summed E-state index contributed by atoms with van der Waals surface area (Å²) < 4.78 is 0. The fourth-order valence-electron chi connectivity index (χ4n) is 1.91. The molecule has 1 atom stereocenters. The van der Waals surface area contributed by atoms with E-state index in [1.165, 1.54) is 0 Å². The lowest BCUT2D eigenvalue weighted by Gasteiger charge is -2.45. The summed E-state index contributed by atoms with van der Waals surface area (Å²) in [6.45, 7) is 7.65. The maximum absolute atomic E-state index is 12.0. The van der Waals surface area contributed by atoms with Crippen LogP contribution in [0.4, 0.5) is 0 Å². The van der Waals surface area contributed by atoms with E-state index in [-0.39, 0.29) is 18.1 Å². The quantitative estimate of drug-likeness (QED) is 0.710. The number of amides is 1. The van der Waals surface area contributed by atoms with E-state index in [9.17, 15) is 4.79 Å². The molecule has 0 aromatic rings. The molecule has 88 valence electrons. The van der Waals surface area contributed by atoms with Crippen LogP contribution in [0.1, 0.15) is 33.6 Å². The highest BCUT2D eigenvalue weighted by Crippen LogP contribution is 2.20. The first kappa shape index (κ1) is 12.5. The molecule has 0 aromatic heterocycles. The molecule has 1 aliphatic rings. The first-order chi connectivity index (χ1) is 7.03. The molecule has 1 heterocycles. The van der Waals surface area contributed by atoms with Crippen LogP contribution in [-0.2, 0) is 4.79 Å². The number of carbonyl (C=O) groups excluding carboxylic acids is 1. The Bertz CT molecular complexity index is 229. The van der Waals surface area contributed by atoms with Crippen molar-refractivity contribution in [3.63, 3.8) is 0 Å². The number of hydrogen-bond acceptors (Lipinski definition) is 3. The van der Waals surface area contributed by atoms with Gasteiger partial charge in [0.2, 0.25) is 5.91 Å². The number of unbranched alkanes of at least 4 members (excludes halogenated alkanes) is 1. The third-order valence-corrected chi connectivity index (χ3v) is 2.99. The van der Waals surface area contributed by atoms with Crippen LogP contribution < -0.4 is 5.32 Å². The summed E-state index contributed by atoms with van der Waals surface area (Å²) in [5.74, 6) is 0.0298. The van der Waals surface area contributed by atoms with E-state index in [1.54, 1.807) is 0 Å². The van der Waals surface area contributed by atoms with Crippen LogP contribution in [0.25, 0.3) is 0 Å². The molecule has 2 N–H and O–H groups in total. The molecule has 1 amide bonds. The number of carbonyl (C=O) groups is 1. The Balaban J connectivity index is 2.70. The van der Waals surface area contributed by atoms with Gasteiger partial charge in [0.25, 0.3) is 0 Å². The Kier molecular flexibility index (Phi) is 4.11. The van der Waals surface area contributed by atoms with Gasteiger partial charge >= 0.3 is 0 Å². The van der Waals surface area contributed by atoms with Crippen molar-refractivity contribution in [2.75, 3.05) is 19.7 Å². The van der Waals surface area contributed by atoms with Gasteiger partial charge in [-0.3, -0.25) is 4.79 Å². The molecule has 0 saturated carbocycles. The normalized spacial score (nSPS) is 25.7. The average molecular weight is 214 g/mol. The van der Waals surface area contributed by atoms with Crippen LogP contribution in [-0.4, -0.2) is 47.2 Å². The molecule has 4 nitrogen and oxygen atoms in total. The zero-order chi connectivity index (χ0) is 11.5. The first-order valence-electron chi connectivity index (χ1n) is 5.68. The van der Waals surface area contributed by atoms with Crippen LogP contribution in [0.2, 0.25) is 0 Å². The van der Waals surface area contributed by atoms with E-state index in [4.69, 9.17) is 5.11 Å². The van der Waals surface area contributed by atoms with Crippen molar-refractivity contribution in [3.8, 4) is 0 Å². The average Bonchev–Trinajstić information content (AvgIpc) is 2.17. The lowest BCUT2D eigenvalue weighted by atomic mass is 9.96. The molecular formula is C11H22N2O2. The van der Waals surface area contributed by atoms with Gasteiger partial charge in [0, 0.05) is 18.6 Å². The Morgan fingerprint density at radius 3 is 2.80 bits per heavy atom. The highest BCUT2D eigenvalue weighted by molar-refractivity contribution is 5.83. The summed E-state index contributed by atoms with van der Waals surface area (Å²) in [7, 11) is 0. The van der Waals surface area contributed by atoms with E-state index < -0.39 is 6.04 Å². The number of aliphatic hydroxyl groups excluding tert-OH is 1. The minimum absolute atomic E-state index is 0.0298. The zero-order valence-corrected chi connectivity index (χ0v) is 9.92. The number of hydrogen-bond donors (Lipinski definition) is 2. The Hall–Kier alpha value is -0.610. The number of aliphatic hydroxyl groups is 1. The van der Waals surface area contributed by atoms with Gasteiger partial charge in [-0.2, -0.15) is 0 Å². The van der Waals surface area contributed by atoms with Gasteiger partial charge in [-0.15, -0.1) is 0 Å². The van der Waals surface area contributed by atoms with Gasteiger partial charge in [0.05, 0.1) is 6.61 Å². The number of rotatable bonds is 4. The molecule has 1 rings (SSSR count). The summed E-state index contributed by atoms with van der Waals surface area (Å²) in [5.41, 5.74) is -0.141. The molecule has 0 aromatic carbocycles. The molecule has 1 saturated heterocycles. The standard InChI is InChI=1S/C11H22N2O2/c1-4-5-6-13-10(15)9(7-14)12-8-11(13,2)3/h9,12,14H,4-8H2,1-3H3. The lowest BCUT2D eigenvalue weighted by molar-refractivity contribution is -0.144. The van der Waals surface area contributed by atoms with Crippen LogP contribution in [0.5, 0.6) is 0 Å².